The number of hydrogen-bond donors (Lipinski definition) is 2. The zero-order valence-electron chi connectivity index (χ0n) is 7.63. The molecule has 0 saturated carbocycles. The Bertz CT molecular complexity index is 267. The van der Waals surface area contributed by atoms with Crippen LogP contribution in [0.1, 0.15) is 28.5 Å². The molecule has 2 N–H and O–H groups in total. The Morgan fingerprint density at radius 1 is 1.00 bits per heavy atom. The predicted molar refractivity (Wildman–Crippen MR) is 47.8 cm³/mol. The lowest BCUT2D eigenvalue weighted by atomic mass is 10.0. The Labute approximate surface area is 72.5 Å². The number of aliphatic hydroxyl groups is 2. The molecule has 66 valence electrons. The molecule has 0 aliphatic rings. The van der Waals surface area contributed by atoms with E-state index >= 15 is 0 Å². The summed E-state index contributed by atoms with van der Waals surface area (Å²) in [4.78, 5) is 0. The summed E-state index contributed by atoms with van der Waals surface area (Å²) in [6, 6.07) is 3.60. The molecule has 2 nitrogen and oxygen atoms in total. The molecule has 0 fully saturated rings. The molecule has 0 aromatic heterocycles. The van der Waals surface area contributed by atoms with E-state index in [2.05, 4.69) is 0 Å². The minimum absolute atomic E-state index is 0.565. The molecule has 0 spiro atoms. The third-order valence-electron chi connectivity index (χ3n) is 2.25. The van der Waals surface area contributed by atoms with Gasteiger partial charge in [-0.2, -0.15) is 0 Å². The van der Waals surface area contributed by atoms with Crippen molar-refractivity contribution in [2.45, 2.75) is 27.1 Å². The maximum absolute atomic E-state index is 8.92. The van der Waals surface area contributed by atoms with Crippen LogP contribution < -0.4 is 0 Å². The van der Waals surface area contributed by atoms with Crippen LogP contribution >= 0.6 is 0 Å². The Morgan fingerprint density at radius 3 is 1.75 bits per heavy atom. The molecule has 1 rings (SSSR count). The van der Waals surface area contributed by atoms with Crippen LogP contribution in [0.25, 0.3) is 0 Å². The van der Waals surface area contributed by atoms with Gasteiger partial charge in [0.05, 0.1) is 0 Å². The molecule has 2 heteroatoms. The van der Waals surface area contributed by atoms with Crippen molar-refractivity contribution in [3.63, 3.8) is 0 Å². The molecule has 0 amide bonds. The van der Waals surface area contributed by atoms with Gasteiger partial charge in [-0.3, -0.25) is 0 Å². The van der Waals surface area contributed by atoms with E-state index in [1.54, 1.807) is 12.1 Å². The predicted octanol–water partition coefficient (Wildman–Crippen LogP) is 1.60. The molecule has 0 atom stereocenters. The SMILES string of the molecule is Cc1cc(C(O)O)cc(C)c1C. The Morgan fingerprint density at radius 2 is 1.42 bits per heavy atom. The quantitative estimate of drug-likeness (QED) is 0.622. The molecule has 0 aliphatic carbocycles. The molecule has 0 aliphatic heterocycles. The second-order valence-electron chi connectivity index (χ2n) is 3.15. The summed E-state index contributed by atoms with van der Waals surface area (Å²) < 4.78 is 0. The van der Waals surface area contributed by atoms with Gasteiger partial charge in [0.15, 0.2) is 6.29 Å². The van der Waals surface area contributed by atoms with E-state index in [1.165, 1.54) is 5.56 Å². The van der Waals surface area contributed by atoms with Gasteiger partial charge >= 0.3 is 0 Å². The molecule has 1 aromatic carbocycles. The third kappa shape index (κ3) is 1.65. The van der Waals surface area contributed by atoms with Crippen LogP contribution in [0.5, 0.6) is 0 Å². The number of rotatable bonds is 1. The molecule has 0 saturated heterocycles. The minimum Gasteiger partial charge on any atom is -0.364 e. The van der Waals surface area contributed by atoms with Crippen LogP contribution in [0.15, 0.2) is 12.1 Å². The van der Waals surface area contributed by atoms with Crippen LogP contribution in [0, 0.1) is 20.8 Å². The van der Waals surface area contributed by atoms with Gasteiger partial charge in [-0.15, -0.1) is 0 Å². The molecule has 0 radical (unpaired) electrons. The summed E-state index contributed by atoms with van der Waals surface area (Å²) in [7, 11) is 0. The number of benzene rings is 1. The zero-order valence-corrected chi connectivity index (χ0v) is 7.63. The fourth-order valence-electron chi connectivity index (χ4n) is 1.22. The fourth-order valence-corrected chi connectivity index (χ4v) is 1.22. The van der Waals surface area contributed by atoms with Gasteiger partial charge in [0.25, 0.3) is 0 Å². The highest BCUT2D eigenvalue weighted by atomic mass is 16.5. The normalized spacial score (nSPS) is 10.8. The smallest absolute Gasteiger partial charge is 0.178 e. The van der Waals surface area contributed by atoms with E-state index in [0.717, 1.165) is 11.1 Å². The average molecular weight is 166 g/mol. The summed E-state index contributed by atoms with van der Waals surface area (Å²) in [5.41, 5.74) is 3.96. The molecule has 1 aromatic rings. The molecule has 0 unspecified atom stereocenters. The Balaban J connectivity index is 3.21. The maximum atomic E-state index is 8.92. The van der Waals surface area contributed by atoms with Gasteiger partial charge < -0.3 is 10.2 Å². The van der Waals surface area contributed by atoms with Gasteiger partial charge in [0, 0.05) is 5.56 Å². The van der Waals surface area contributed by atoms with Crippen molar-refractivity contribution in [3.8, 4) is 0 Å². The van der Waals surface area contributed by atoms with Crippen LogP contribution in [0.4, 0.5) is 0 Å². The van der Waals surface area contributed by atoms with Gasteiger partial charge in [-0.05, 0) is 37.5 Å². The molecule has 12 heavy (non-hydrogen) atoms. The average Bonchev–Trinajstić information content (AvgIpc) is 1.99. The van der Waals surface area contributed by atoms with Crippen LogP contribution in [0.3, 0.4) is 0 Å². The van der Waals surface area contributed by atoms with Crippen molar-refractivity contribution < 1.29 is 10.2 Å². The van der Waals surface area contributed by atoms with Crippen molar-refractivity contribution in [3.05, 3.63) is 34.4 Å². The fraction of sp³-hybridized carbons (Fsp3) is 0.400. The van der Waals surface area contributed by atoms with Crippen molar-refractivity contribution in [2.24, 2.45) is 0 Å². The topological polar surface area (TPSA) is 40.5 Å². The van der Waals surface area contributed by atoms with Crippen LogP contribution in [-0.4, -0.2) is 10.2 Å². The first-order chi connectivity index (χ1) is 5.52. The third-order valence-corrected chi connectivity index (χ3v) is 2.25. The highest BCUT2D eigenvalue weighted by Gasteiger charge is 2.05. The highest BCUT2D eigenvalue weighted by molar-refractivity contribution is 5.37. The van der Waals surface area contributed by atoms with Crippen LogP contribution in [-0.2, 0) is 0 Å². The molecular formula is C10H14O2. The van der Waals surface area contributed by atoms with Gasteiger partial charge in [0.2, 0.25) is 0 Å². The summed E-state index contributed by atoms with van der Waals surface area (Å²) in [5.74, 6) is 0. The first-order valence-electron chi connectivity index (χ1n) is 3.96. The molecular weight excluding hydrogens is 152 g/mol. The largest absolute Gasteiger partial charge is 0.364 e. The van der Waals surface area contributed by atoms with Crippen molar-refractivity contribution >= 4 is 0 Å². The van der Waals surface area contributed by atoms with Crippen molar-refractivity contribution in [1.29, 1.82) is 0 Å². The van der Waals surface area contributed by atoms with Gasteiger partial charge in [-0.25, -0.2) is 0 Å². The first-order valence-corrected chi connectivity index (χ1v) is 3.96. The van der Waals surface area contributed by atoms with E-state index < -0.39 is 6.29 Å². The van der Waals surface area contributed by atoms with Crippen LogP contribution in [0.2, 0.25) is 0 Å². The Kier molecular flexibility index (Phi) is 2.50. The lowest BCUT2D eigenvalue weighted by Crippen LogP contribution is -1.98. The lowest BCUT2D eigenvalue weighted by Gasteiger charge is -2.09. The summed E-state index contributed by atoms with van der Waals surface area (Å²) in [6.07, 6.45) is -1.36. The monoisotopic (exact) mass is 166 g/mol. The van der Waals surface area contributed by atoms with Crippen molar-refractivity contribution in [1.82, 2.24) is 0 Å². The number of aliphatic hydroxyl groups excluding tert-OH is 1. The van der Waals surface area contributed by atoms with Crippen molar-refractivity contribution in [2.75, 3.05) is 0 Å². The number of aryl methyl sites for hydroxylation is 2. The van der Waals surface area contributed by atoms with Gasteiger partial charge in [0.1, 0.15) is 0 Å². The van der Waals surface area contributed by atoms with E-state index in [-0.39, 0.29) is 0 Å². The van der Waals surface area contributed by atoms with E-state index in [4.69, 9.17) is 10.2 Å². The zero-order chi connectivity index (χ0) is 9.30. The van der Waals surface area contributed by atoms with E-state index in [9.17, 15) is 0 Å². The second kappa shape index (κ2) is 3.25. The number of hydrogen-bond acceptors (Lipinski definition) is 2. The summed E-state index contributed by atoms with van der Waals surface area (Å²) in [5, 5.41) is 17.8. The second-order valence-corrected chi connectivity index (χ2v) is 3.15. The lowest BCUT2D eigenvalue weighted by molar-refractivity contribution is -0.0425. The van der Waals surface area contributed by atoms with E-state index in [1.807, 2.05) is 20.8 Å². The Hall–Kier alpha value is -0.860. The standard InChI is InChI=1S/C10H14O2/c1-6-4-9(10(11)12)5-7(2)8(6)3/h4-5,10-12H,1-3H3. The molecule has 0 bridgehead atoms. The van der Waals surface area contributed by atoms with E-state index in [0.29, 0.717) is 5.56 Å². The summed E-state index contributed by atoms with van der Waals surface area (Å²) >= 11 is 0. The maximum Gasteiger partial charge on any atom is 0.178 e. The summed E-state index contributed by atoms with van der Waals surface area (Å²) in [6.45, 7) is 5.96. The molecule has 0 heterocycles. The minimum atomic E-state index is -1.36. The first kappa shape index (κ1) is 9.23. The van der Waals surface area contributed by atoms with Gasteiger partial charge in [-0.1, -0.05) is 12.1 Å². The highest BCUT2D eigenvalue weighted by Crippen LogP contribution is 2.18.